The third-order valence-corrected chi connectivity index (χ3v) is 3.13. The molecule has 0 radical (unpaired) electrons. The maximum absolute atomic E-state index is 12.2. The number of amides is 1. The number of nitriles is 1. The first-order valence-corrected chi connectivity index (χ1v) is 6.61. The molecule has 1 amide bonds. The van der Waals surface area contributed by atoms with Crippen LogP contribution in [0.2, 0.25) is 0 Å². The first kappa shape index (κ1) is 14.7. The molecule has 2 rings (SSSR count). The van der Waals surface area contributed by atoms with E-state index in [4.69, 9.17) is 14.4 Å². The van der Waals surface area contributed by atoms with E-state index in [-0.39, 0.29) is 11.8 Å². The molecule has 1 aromatic heterocycles. The van der Waals surface area contributed by atoms with Gasteiger partial charge in [0.25, 0.3) is 5.91 Å². The summed E-state index contributed by atoms with van der Waals surface area (Å²) in [6, 6.07) is 8.88. The Kier molecular flexibility index (Phi) is 4.29. The first-order chi connectivity index (χ1) is 10.1. The van der Waals surface area contributed by atoms with Crippen molar-refractivity contribution < 1.29 is 13.9 Å². The van der Waals surface area contributed by atoms with Crippen LogP contribution in [0, 0.1) is 25.2 Å². The molecule has 2 aromatic rings. The van der Waals surface area contributed by atoms with Gasteiger partial charge in [-0.25, -0.2) is 0 Å². The smallest absolute Gasteiger partial charge is 0.258 e. The van der Waals surface area contributed by atoms with Gasteiger partial charge in [0.05, 0.1) is 6.61 Å². The first-order valence-electron chi connectivity index (χ1n) is 6.61. The van der Waals surface area contributed by atoms with Gasteiger partial charge in [-0.1, -0.05) is 6.07 Å². The summed E-state index contributed by atoms with van der Waals surface area (Å²) in [5.74, 6) is 1.07. The predicted octanol–water partition coefficient (Wildman–Crippen LogP) is 3.42. The van der Waals surface area contributed by atoms with Crippen LogP contribution in [0.1, 0.15) is 34.2 Å². The van der Waals surface area contributed by atoms with Crippen molar-refractivity contribution in [3.63, 3.8) is 0 Å². The zero-order valence-electron chi connectivity index (χ0n) is 12.2. The van der Waals surface area contributed by atoms with E-state index < -0.39 is 0 Å². The molecule has 0 unspecified atom stereocenters. The zero-order valence-corrected chi connectivity index (χ0v) is 12.2. The van der Waals surface area contributed by atoms with Gasteiger partial charge < -0.3 is 9.15 Å². The number of carbonyl (C=O) groups is 1. The molecule has 0 saturated heterocycles. The molecule has 21 heavy (non-hydrogen) atoms. The number of furan rings is 1. The number of aryl methyl sites for hydroxylation is 1. The van der Waals surface area contributed by atoms with Crippen molar-refractivity contribution in [1.82, 2.24) is 0 Å². The highest BCUT2D eigenvalue weighted by atomic mass is 16.5. The van der Waals surface area contributed by atoms with E-state index in [1.54, 1.807) is 38.1 Å². The molecule has 0 aliphatic rings. The molecule has 0 fully saturated rings. The number of nitrogens with one attached hydrogen (secondary N) is 1. The van der Waals surface area contributed by atoms with Gasteiger partial charge in [0.1, 0.15) is 23.1 Å². The molecule has 0 saturated carbocycles. The highest BCUT2D eigenvalue weighted by Gasteiger charge is 2.17. The topological polar surface area (TPSA) is 75.3 Å². The number of nitrogens with zero attached hydrogens (tertiary/aromatic N) is 1. The summed E-state index contributed by atoms with van der Waals surface area (Å²) in [6.07, 6.45) is 0. The van der Waals surface area contributed by atoms with Crippen LogP contribution in [-0.2, 0) is 0 Å². The van der Waals surface area contributed by atoms with Gasteiger partial charge in [0.15, 0.2) is 0 Å². The zero-order chi connectivity index (χ0) is 15.4. The Bertz CT molecular complexity index is 711. The van der Waals surface area contributed by atoms with E-state index >= 15 is 0 Å². The van der Waals surface area contributed by atoms with Crippen LogP contribution < -0.4 is 10.1 Å². The molecular formula is C16H16N2O3. The lowest BCUT2D eigenvalue weighted by atomic mass is 10.1. The third kappa shape index (κ3) is 3.06. The van der Waals surface area contributed by atoms with Gasteiger partial charge in [0, 0.05) is 11.1 Å². The molecule has 1 aromatic carbocycles. The maximum Gasteiger partial charge on any atom is 0.258 e. The summed E-state index contributed by atoms with van der Waals surface area (Å²) in [6.45, 7) is 5.94. The van der Waals surface area contributed by atoms with Crippen LogP contribution >= 0.6 is 0 Å². The highest BCUT2D eigenvalue weighted by Crippen LogP contribution is 2.26. The molecule has 0 spiro atoms. The van der Waals surface area contributed by atoms with Crippen LogP contribution in [0.4, 0.5) is 5.88 Å². The lowest BCUT2D eigenvalue weighted by Crippen LogP contribution is -2.12. The number of hydrogen-bond acceptors (Lipinski definition) is 4. The minimum absolute atomic E-state index is 0.180. The van der Waals surface area contributed by atoms with E-state index in [0.29, 0.717) is 29.2 Å². The Balaban J connectivity index is 2.24. The number of ether oxygens (including phenoxy) is 1. The molecule has 1 N–H and O–H groups in total. The maximum atomic E-state index is 12.2. The van der Waals surface area contributed by atoms with Gasteiger partial charge in [-0.3, -0.25) is 10.1 Å². The summed E-state index contributed by atoms with van der Waals surface area (Å²) in [5.41, 5.74) is 1.52. The summed E-state index contributed by atoms with van der Waals surface area (Å²) >= 11 is 0. The normalized spacial score (nSPS) is 10.0. The van der Waals surface area contributed by atoms with Gasteiger partial charge in [-0.15, -0.1) is 0 Å². The van der Waals surface area contributed by atoms with E-state index in [0.717, 1.165) is 5.56 Å². The lowest BCUT2D eigenvalue weighted by molar-refractivity contribution is 0.102. The van der Waals surface area contributed by atoms with Gasteiger partial charge in [-0.05, 0) is 39.0 Å². The standard InChI is InChI=1S/C16H16N2O3/c1-4-20-13-7-5-6-12(8-13)15(19)18-16-14(9-17)10(2)11(3)21-16/h5-8H,4H2,1-3H3,(H,18,19). The van der Waals surface area contributed by atoms with E-state index in [9.17, 15) is 4.79 Å². The number of benzene rings is 1. The number of carbonyl (C=O) groups excluding carboxylic acids is 1. The fraction of sp³-hybridized carbons (Fsp3) is 0.250. The molecule has 0 atom stereocenters. The molecule has 1 heterocycles. The minimum atomic E-state index is -0.346. The number of anilines is 1. The van der Waals surface area contributed by atoms with Crippen molar-refractivity contribution in [3.8, 4) is 11.8 Å². The number of hydrogen-bond donors (Lipinski definition) is 1. The van der Waals surface area contributed by atoms with E-state index in [1.165, 1.54) is 0 Å². The highest BCUT2D eigenvalue weighted by molar-refractivity contribution is 6.04. The monoisotopic (exact) mass is 284 g/mol. The summed E-state index contributed by atoms with van der Waals surface area (Å²) in [5, 5.41) is 11.8. The molecular weight excluding hydrogens is 268 g/mol. The largest absolute Gasteiger partial charge is 0.494 e. The minimum Gasteiger partial charge on any atom is -0.494 e. The quantitative estimate of drug-likeness (QED) is 0.933. The average molecular weight is 284 g/mol. The van der Waals surface area contributed by atoms with Crippen molar-refractivity contribution in [2.75, 3.05) is 11.9 Å². The van der Waals surface area contributed by atoms with Crippen molar-refractivity contribution in [1.29, 1.82) is 5.26 Å². The fourth-order valence-electron chi connectivity index (χ4n) is 1.92. The summed E-state index contributed by atoms with van der Waals surface area (Å²) in [7, 11) is 0. The van der Waals surface area contributed by atoms with Crippen LogP contribution in [0.25, 0.3) is 0 Å². The van der Waals surface area contributed by atoms with Crippen molar-refractivity contribution >= 4 is 11.8 Å². The van der Waals surface area contributed by atoms with Crippen LogP contribution in [0.5, 0.6) is 5.75 Å². The third-order valence-electron chi connectivity index (χ3n) is 3.13. The second kappa shape index (κ2) is 6.14. The van der Waals surface area contributed by atoms with E-state index in [2.05, 4.69) is 5.32 Å². The molecule has 5 nitrogen and oxygen atoms in total. The second-order valence-electron chi connectivity index (χ2n) is 4.51. The van der Waals surface area contributed by atoms with Gasteiger partial charge in [0.2, 0.25) is 5.88 Å². The van der Waals surface area contributed by atoms with E-state index in [1.807, 2.05) is 13.0 Å². The van der Waals surface area contributed by atoms with Crippen molar-refractivity contribution in [3.05, 3.63) is 46.7 Å². The SMILES string of the molecule is CCOc1cccc(C(=O)Nc2oc(C)c(C)c2C#N)c1. The summed E-state index contributed by atoms with van der Waals surface area (Å²) < 4.78 is 10.8. The molecule has 0 aliphatic heterocycles. The lowest BCUT2D eigenvalue weighted by Gasteiger charge is -2.06. The molecule has 0 bridgehead atoms. The van der Waals surface area contributed by atoms with Crippen LogP contribution in [-0.4, -0.2) is 12.5 Å². The van der Waals surface area contributed by atoms with Crippen LogP contribution in [0.15, 0.2) is 28.7 Å². The van der Waals surface area contributed by atoms with Gasteiger partial charge in [-0.2, -0.15) is 5.26 Å². The number of rotatable bonds is 4. The molecule has 0 aliphatic carbocycles. The van der Waals surface area contributed by atoms with Crippen molar-refractivity contribution in [2.45, 2.75) is 20.8 Å². The average Bonchev–Trinajstić information content (AvgIpc) is 2.74. The summed E-state index contributed by atoms with van der Waals surface area (Å²) in [4.78, 5) is 12.2. The van der Waals surface area contributed by atoms with Crippen LogP contribution in [0.3, 0.4) is 0 Å². The fourth-order valence-corrected chi connectivity index (χ4v) is 1.92. The Morgan fingerprint density at radius 2 is 2.19 bits per heavy atom. The molecule has 108 valence electrons. The van der Waals surface area contributed by atoms with Crippen molar-refractivity contribution in [2.24, 2.45) is 0 Å². The predicted molar refractivity (Wildman–Crippen MR) is 78.5 cm³/mol. The molecule has 5 heteroatoms. The van der Waals surface area contributed by atoms with Gasteiger partial charge >= 0.3 is 0 Å². The Hall–Kier alpha value is -2.74. The Morgan fingerprint density at radius 1 is 1.43 bits per heavy atom. The Morgan fingerprint density at radius 3 is 2.86 bits per heavy atom. The Labute approximate surface area is 123 Å². The second-order valence-corrected chi connectivity index (χ2v) is 4.51.